The van der Waals surface area contributed by atoms with Crippen molar-refractivity contribution < 1.29 is 9.59 Å². The second-order valence-electron chi connectivity index (χ2n) is 6.31. The Morgan fingerprint density at radius 2 is 2.11 bits per heavy atom. The summed E-state index contributed by atoms with van der Waals surface area (Å²) in [6.45, 7) is 0. The van der Waals surface area contributed by atoms with Gasteiger partial charge in [0.2, 0.25) is 6.41 Å². The number of halogens is 1. The number of fused-ring (bicyclic) bond motifs is 1. The Bertz CT molecular complexity index is 1120. The van der Waals surface area contributed by atoms with Crippen molar-refractivity contribution in [1.82, 2.24) is 20.3 Å². The van der Waals surface area contributed by atoms with Gasteiger partial charge in [-0.3, -0.25) is 14.9 Å². The van der Waals surface area contributed by atoms with E-state index in [9.17, 15) is 14.9 Å². The number of carbonyl (C=O) groups is 2. The van der Waals surface area contributed by atoms with Crippen LogP contribution in [0.4, 0.5) is 0 Å². The first-order chi connectivity index (χ1) is 13.2. The summed E-state index contributed by atoms with van der Waals surface area (Å²) >= 11 is 0. The second-order valence-corrected chi connectivity index (χ2v) is 6.31. The molecule has 28 heavy (non-hydrogen) atoms. The number of hydrogen-bond acceptors (Lipinski definition) is 5. The zero-order valence-electron chi connectivity index (χ0n) is 14.7. The zero-order valence-corrected chi connectivity index (χ0v) is 15.5. The maximum absolute atomic E-state index is 12.2. The van der Waals surface area contributed by atoms with Gasteiger partial charge in [-0.2, -0.15) is 5.26 Å². The highest BCUT2D eigenvalue weighted by Gasteiger charge is 2.32. The smallest absolute Gasteiger partial charge is 0.268 e. The third-order valence-electron chi connectivity index (χ3n) is 4.58. The van der Waals surface area contributed by atoms with Crippen LogP contribution in [0.15, 0.2) is 48.4 Å². The molecule has 1 fully saturated rings. The van der Waals surface area contributed by atoms with E-state index in [1.54, 1.807) is 6.20 Å². The molecule has 0 unspecified atom stereocenters. The van der Waals surface area contributed by atoms with Crippen molar-refractivity contribution in [2.45, 2.75) is 12.8 Å². The van der Waals surface area contributed by atoms with E-state index in [4.69, 9.17) is 0 Å². The molecule has 0 spiro atoms. The minimum atomic E-state index is -0.671. The monoisotopic (exact) mass is 393 g/mol. The molecule has 0 radical (unpaired) electrons. The van der Waals surface area contributed by atoms with Gasteiger partial charge in [0, 0.05) is 17.1 Å². The van der Waals surface area contributed by atoms with Crippen LogP contribution in [0.3, 0.4) is 0 Å². The van der Waals surface area contributed by atoms with Gasteiger partial charge in [0.1, 0.15) is 23.6 Å². The molecule has 2 aromatic heterocycles. The van der Waals surface area contributed by atoms with Crippen molar-refractivity contribution in [2.24, 2.45) is 5.92 Å². The van der Waals surface area contributed by atoms with Crippen LogP contribution in [0.2, 0.25) is 0 Å². The summed E-state index contributed by atoms with van der Waals surface area (Å²) in [5, 5.41) is 12.5. The Kier molecular flexibility index (Phi) is 5.52. The van der Waals surface area contributed by atoms with Gasteiger partial charge >= 0.3 is 0 Å². The molecule has 2 amide bonds. The van der Waals surface area contributed by atoms with Crippen molar-refractivity contribution in [2.75, 3.05) is 0 Å². The van der Waals surface area contributed by atoms with Crippen molar-refractivity contribution in [3.8, 4) is 17.3 Å². The van der Waals surface area contributed by atoms with E-state index in [0.29, 0.717) is 12.0 Å². The summed E-state index contributed by atoms with van der Waals surface area (Å²) in [4.78, 5) is 34.5. The number of aromatic amines is 1. The molecule has 1 aliphatic rings. The molecule has 4 rings (SSSR count). The van der Waals surface area contributed by atoms with Gasteiger partial charge in [-0.1, -0.05) is 18.2 Å². The van der Waals surface area contributed by atoms with E-state index in [1.807, 2.05) is 36.4 Å². The van der Waals surface area contributed by atoms with E-state index >= 15 is 0 Å². The van der Waals surface area contributed by atoms with Crippen LogP contribution in [0, 0.1) is 17.2 Å². The lowest BCUT2D eigenvalue weighted by Crippen LogP contribution is -2.23. The summed E-state index contributed by atoms with van der Waals surface area (Å²) in [7, 11) is 0. The molecule has 1 saturated carbocycles. The second kappa shape index (κ2) is 8.03. The van der Waals surface area contributed by atoms with E-state index in [2.05, 4.69) is 20.3 Å². The quantitative estimate of drug-likeness (QED) is 0.393. The molecule has 0 aliphatic heterocycles. The number of carbonyl (C=O) groups excluding carboxylic acids is 2. The highest BCUT2D eigenvalue weighted by atomic mass is 35.5. The van der Waals surface area contributed by atoms with E-state index in [-0.39, 0.29) is 23.9 Å². The van der Waals surface area contributed by atoms with E-state index in [1.165, 1.54) is 6.33 Å². The number of H-pyrrole nitrogens is 1. The van der Waals surface area contributed by atoms with Gasteiger partial charge in [0.15, 0.2) is 0 Å². The van der Waals surface area contributed by atoms with E-state index in [0.717, 1.165) is 40.7 Å². The molecule has 3 aromatic rings. The predicted octanol–water partition coefficient (Wildman–Crippen LogP) is 3.01. The first-order valence-corrected chi connectivity index (χ1v) is 8.50. The Hall–Kier alpha value is -3.50. The first kappa shape index (κ1) is 19.3. The molecule has 0 atom stereocenters. The van der Waals surface area contributed by atoms with Crippen LogP contribution in [0.1, 0.15) is 18.4 Å². The van der Waals surface area contributed by atoms with Crippen molar-refractivity contribution >= 4 is 41.3 Å². The first-order valence-electron chi connectivity index (χ1n) is 8.50. The Balaban J connectivity index is 0.00000225. The van der Waals surface area contributed by atoms with Crippen LogP contribution in [0.5, 0.6) is 0 Å². The maximum Gasteiger partial charge on any atom is 0.268 e. The molecule has 1 aromatic carbocycles. The SMILES string of the molecule is Cl.N#C/C(C(=O)NC=O)=C(\c1cccc(-c2ncnc3[nH]ccc23)c1)C1CC1. The predicted molar refractivity (Wildman–Crippen MR) is 106 cm³/mol. The minimum absolute atomic E-state index is 0. The topological polar surface area (TPSA) is 112 Å². The molecular weight excluding hydrogens is 378 g/mol. The number of imide groups is 1. The van der Waals surface area contributed by atoms with Crippen LogP contribution in [-0.4, -0.2) is 27.3 Å². The third-order valence-corrected chi connectivity index (χ3v) is 4.58. The van der Waals surface area contributed by atoms with Crippen LogP contribution in [0.25, 0.3) is 27.9 Å². The van der Waals surface area contributed by atoms with Crippen LogP contribution < -0.4 is 5.32 Å². The van der Waals surface area contributed by atoms with Gasteiger partial charge in [0.05, 0.1) is 5.69 Å². The van der Waals surface area contributed by atoms with Crippen LogP contribution >= 0.6 is 12.4 Å². The normalized spacial score (nSPS) is 13.8. The number of nitrogens with one attached hydrogen (secondary N) is 2. The van der Waals surface area contributed by atoms with Gasteiger partial charge in [0.25, 0.3) is 5.91 Å². The van der Waals surface area contributed by atoms with E-state index < -0.39 is 5.91 Å². The Morgan fingerprint density at radius 1 is 1.29 bits per heavy atom. The zero-order chi connectivity index (χ0) is 18.8. The average Bonchev–Trinajstić information content (AvgIpc) is 3.40. The molecule has 7 nitrogen and oxygen atoms in total. The fourth-order valence-corrected chi connectivity index (χ4v) is 3.25. The molecule has 2 N–H and O–H groups in total. The number of nitriles is 1. The third kappa shape index (κ3) is 3.50. The van der Waals surface area contributed by atoms with Gasteiger partial charge < -0.3 is 4.98 Å². The molecule has 8 heteroatoms. The largest absolute Gasteiger partial charge is 0.346 e. The number of benzene rings is 1. The summed E-state index contributed by atoms with van der Waals surface area (Å²) in [5.74, 6) is -0.528. The molecule has 2 heterocycles. The molecule has 0 bridgehead atoms. The lowest BCUT2D eigenvalue weighted by Gasteiger charge is -2.11. The highest BCUT2D eigenvalue weighted by Crippen LogP contribution is 2.44. The Labute approximate surface area is 166 Å². The number of allylic oxidation sites excluding steroid dienone is 1. The van der Waals surface area contributed by atoms with Crippen molar-refractivity contribution in [1.29, 1.82) is 5.26 Å². The molecule has 140 valence electrons. The van der Waals surface area contributed by atoms with Crippen LogP contribution in [-0.2, 0) is 9.59 Å². The maximum atomic E-state index is 12.2. The number of hydrogen-bond donors (Lipinski definition) is 2. The number of amides is 2. The van der Waals surface area contributed by atoms with Gasteiger partial charge in [-0.05, 0) is 42.0 Å². The Morgan fingerprint density at radius 3 is 2.82 bits per heavy atom. The van der Waals surface area contributed by atoms with Crippen molar-refractivity contribution in [3.05, 3.63) is 54.0 Å². The fourth-order valence-electron chi connectivity index (χ4n) is 3.25. The van der Waals surface area contributed by atoms with Gasteiger partial charge in [-0.25, -0.2) is 9.97 Å². The summed E-state index contributed by atoms with van der Waals surface area (Å²) < 4.78 is 0. The summed E-state index contributed by atoms with van der Waals surface area (Å²) in [6, 6.07) is 11.5. The molecule has 0 saturated heterocycles. The fraction of sp³-hybridized carbons (Fsp3) is 0.150. The van der Waals surface area contributed by atoms with Crippen molar-refractivity contribution in [3.63, 3.8) is 0 Å². The summed E-state index contributed by atoms with van der Waals surface area (Å²) in [5.41, 5.74) is 3.83. The average molecular weight is 394 g/mol. The van der Waals surface area contributed by atoms with Gasteiger partial charge in [-0.15, -0.1) is 12.4 Å². The lowest BCUT2D eigenvalue weighted by atomic mass is 9.93. The number of aromatic nitrogens is 3. The minimum Gasteiger partial charge on any atom is -0.346 e. The number of nitrogens with zero attached hydrogens (tertiary/aromatic N) is 3. The highest BCUT2D eigenvalue weighted by molar-refractivity contribution is 6.09. The molecular formula is C20H16ClN5O2. The molecule has 1 aliphatic carbocycles. The summed E-state index contributed by atoms with van der Waals surface area (Å²) in [6.07, 6.45) is 5.42. The standard InChI is InChI=1S/C20H15N5O2.ClH/c21-9-16(20(27)25-11-26)17(12-4-5-12)13-2-1-3-14(8-13)18-15-6-7-22-19(15)24-10-23-18;/h1-3,6-8,10-12H,4-5H2,(H,22,23,24)(H,25,26,27);1H/b17-16+;. The lowest BCUT2D eigenvalue weighted by molar-refractivity contribution is -0.122. The number of rotatable bonds is 5.